The summed E-state index contributed by atoms with van der Waals surface area (Å²) in [6.07, 6.45) is 10.2. The first-order valence-electron chi connectivity index (χ1n) is 6.76. The molecule has 0 fully saturated rings. The van der Waals surface area contributed by atoms with Gasteiger partial charge in [-0.25, -0.2) is 15.0 Å². The fourth-order valence-electron chi connectivity index (χ4n) is 2.11. The summed E-state index contributed by atoms with van der Waals surface area (Å²) >= 11 is 0. The van der Waals surface area contributed by atoms with Gasteiger partial charge in [-0.15, -0.1) is 0 Å². The first-order chi connectivity index (χ1) is 10.7. The van der Waals surface area contributed by atoms with Crippen molar-refractivity contribution in [2.75, 3.05) is 0 Å². The average molecular weight is 300 g/mol. The van der Waals surface area contributed by atoms with E-state index in [4.69, 9.17) is 5.73 Å². The minimum absolute atomic E-state index is 0.299. The number of H-pyrrole nitrogens is 3. The van der Waals surface area contributed by atoms with Crippen LogP contribution in [0.1, 0.15) is 23.4 Å². The molecule has 0 unspecified atom stereocenters. The molecule has 0 spiro atoms. The van der Waals surface area contributed by atoms with Crippen LogP contribution in [0, 0.1) is 0 Å². The summed E-state index contributed by atoms with van der Waals surface area (Å²) in [6, 6.07) is -1.21. The smallest absolute Gasteiger partial charge is 0.238 e. The lowest BCUT2D eigenvalue weighted by Crippen LogP contribution is -2.44. The zero-order valence-corrected chi connectivity index (χ0v) is 11.7. The predicted molar refractivity (Wildman–Crippen MR) is 77.4 cm³/mol. The fraction of sp³-hybridized carbons (Fsp3) is 0.231. The van der Waals surface area contributed by atoms with Gasteiger partial charge in [-0.3, -0.25) is 4.79 Å². The fourth-order valence-corrected chi connectivity index (χ4v) is 2.11. The van der Waals surface area contributed by atoms with E-state index in [9.17, 15) is 4.79 Å². The van der Waals surface area contributed by atoms with Gasteiger partial charge < -0.3 is 26.0 Å². The molecule has 0 aliphatic heterocycles. The third-order valence-electron chi connectivity index (χ3n) is 3.20. The molecule has 114 valence electrons. The lowest BCUT2D eigenvalue weighted by molar-refractivity contribution is -0.122. The Bertz CT molecular complexity index is 654. The Morgan fingerprint density at radius 1 is 1.18 bits per heavy atom. The van der Waals surface area contributed by atoms with E-state index in [2.05, 4.69) is 35.2 Å². The van der Waals surface area contributed by atoms with Crippen LogP contribution in [0.3, 0.4) is 0 Å². The van der Waals surface area contributed by atoms with Crippen LogP contribution in [0.25, 0.3) is 0 Å². The Hall–Kier alpha value is -2.94. The Balaban J connectivity index is 1.72. The maximum Gasteiger partial charge on any atom is 0.238 e. The zero-order chi connectivity index (χ0) is 15.4. The molecule has 9 nitrogen and oxygen atoms in total. The largest absolute Gasteiger partial charge is 0.348 e. The van der Waals surface area contributed by atoms with Crippen molar-refractivity contribution in [2.24, 2.45) is 5.73 Å². The van der Waals surface area contributed by atoms with Crippen LogP contribution in [0.15, 0.2) is 37.3 Å². The number of hydrogen-bond donors (Lipinski definition) is 5. The molecule has 0 aliphatic carbocycles. The van der Waals surface area contributed by atoms with E-state index in [-0.39, 0.29) is 5.91 Å². The molecule has 6 N–H and O–H groups in total. The van der Waals surface area contributed by atoms with Crippen LogP contribution >= 0.6 is 0 Å². The van der Waals surface area contributed by atoms with Gasteiger partial charge in [0.2, 0.25) is 5.91 Å². The Labute approximate surface area is 125 Å². The molecule has 3 aromatic heterocycles. The zero-order valence-electron chi connectivity index (χ0n) is 11.7. The van der Waals surface area contributed by atoms with Crippen LogP contribution in [-0.2, 0) is 11.2 Å². The highest BCUT2D eigenvalue weighted by molar-refractivity contribution is 5.82. The van der Waals surface area contributed by atoms with E-state index >= 15 is 0 Å². The third-order valence-corrected chi connectivity index (χ3v) is 3.20. The minimum atomic E-state index is -0.701. The number of nitrogens with one attached hydrogen (secondary N) is 4. The quantitative estimate of drug-likeness (QED) is 0.422. The highest BCUT2D eigenvalue weighted by Gasteiger charge is 2.24. The molecule has 3 aromatic rings. The molecule has 0 aliphatic rings. The van der Waals surface area contributed by atoms with Crippen molar-refractivity contribution in [2.45, 2.75) is 18.5 Å². The molecule has 3 heterocycles. The Morgan fingerprint density at radius 2 is 1.86 bits per heavy atom. The normalized spacial score (nSPS) is 12.5. The topological polar surface area (TPSA) is 141 Å². The maximum absolute atomic E-state index is 12.3. The van der Waals surface area contributed by atoms with Crippen LogP contribution in [0.5, 0.6) is 0 Å². The number of carbonyl (C=O) groups excluding carboxylic acids is 1. The van der Waals surface area contributed by atoms with E-state index in [1.165, 1.54) is 0 Å². The van der Waals surface area contributed by atoms with Gasteiger partial charge >= 0.3 is 0 Å². The second-order valence-electron chi connectivity index (χ2n) is 4.78. The number of nitrogens with two attached hydrogens (primary N) is 1. The summed E-state index contributed by atoms with van der Waals surface area (Å²) < 4.78 is 0. The minimum Gasteiger partial charge on any atom is -0.348 e. The van der Waals surface area contributed by atoms with E-state index in [1.807, 2.05) is 0 Å². The predicted octanol–water partition coefficient (Wildman–Crippen LogP) is -0.368. The standard InChI is InChI=1S/C13H16N8O/c14-9(5-8-6-15-7-20-8)13(22)21-10(11-16-1-2-17-11)12-18-3-4-19-12/h1-4,6-7,9-10H,5,14H2,(H,15,20)(H,16,17)(H,18,19)(H,21,22)/t9-/m0/s1. The highest BCUT2D eigenvalue weighted by atomic mass is 16.2. The van der Waals surface area contributed by atoms with Gasteiger partial charge in [0.1, 0.15) is 17.7 Å². The molecule has 0 saturated carbocycles. The molecule has 9 heteroatoms. The van der Waals surface area contributed by atoms with Gasteiger partial charge in [0.05, 0.1) is 12.4 Å². The summed E-state index contributed by atoms with van der Waals surface area (Å²) in [4.78, 5) is 33.4. The number of amides is 1. The molecule has 0 aromatic carbocycles. The average Bonchev–Trinajstić information content (AvgIpc) is 3.25. The van der Waals surface area contributed by atoms with Gasteiger partial charge in [-0.05, 0) is 0 Å². The van der Waals surface area contributed by atoms with Gasteiger partial charge in [-0.2, -0.15) is 0 Å². The van der Waals surface area contributed by atoms with Crippen LogP contribution in [-0.4, -0.2) is 41.9 Å². The maximum atomic E-state index is 12.3. The van der Waals surface area contributed by atoms with Crippen LogP contribution in [0.4, 0.5) is 0 Å². The monoisotopic (exact) mass is 300 g/mol. The van der Waals surface area contributed by atoms with E-state index in [0.29, 0.717) is 18.1 Å². The Kier molecular flexibility index (Phi) is 3.97. The Morgan fingerprint density at radius 3 is 2.36 bits per heavy atom. The molecule has 22 heavy (non-hydrogen) atoms. The molecule has 0 radical (unpaired) electrons. The van der Waals surface area contributed by atoms with Crippen LogP contribution < -0.4 is 11.1 Å². The molecular weight excluding hydrogens is 284 g/mol. The number of carbonyl (C=O) groups is 1. The molecule has 1 amide bonds. The number of imidazole rings is 3. The van der Waals surface area contributed by atoms with Crippen molar-refractivity contribution >= 4 is 5.91 Å². The molecule has 0 bridgehead atoms. The van der Waals surface area contributed by atoms with Gasteiger partial charge in [0.25, 0.3) is 0 Å². The number of aromatic amines is 3. The van der Waals surface area contributed by atoms with Crippen LogP contribution in [0.2, 0.25) is 0 Å². The van der Waals surface area contributed by atoms with E-state index in [1.54, 1.807) is 37.3 Å². The number of nitrogens with zero attached hydrogens (tertiary/aromatic N) is 3. The highest BCUT2D eigenvalue weighted by Crippen LogP contribution is 2.15. The number of hydrogen-bond acceptors (Lipinski definition) is 5. The second kappa shape index (κ2) is 6.22. The van der Waals surface area contributed by atoms with Crippen molar-refractivity contribution in [3.63, 3.8) is 0 Å². The van der Waals surface area contributed by atoms with Gasteiger partial charge in [-0.1, -0.05) is 0 Å². The summed E-state index contributed by atoms with van der Waals surface area (Å²) in [5.41, 5.74) is 6.74. The van der Waals surface area contributed by atoms with E-state index in [0.717, 1.165) is 5.69 Å². The lowest BCUT2D eigenvalue weighted by atomic mass is 10.1. The third kappa shape index (κ3) is 3.04. The lowest BCUT2D eigenvalue weighted by Gasteiger charge is -2.17. The molecule has 1 atom stereocenters. The molecule has 0 saturated heterocycles. The van der Waals surface area contributed by atoms with Gasteiger partial charge in [0, 0.05) is 43.1 Å². The SMILES string of the molecule is N[C@@H](Cc1cnc[nH]1)C(=O)NC(c1ncc[nH]1)c1ncc[nH]1. The van der Waals surface area contributed by atoms with E-state index < -0.39 is 12.1 Å². The summed E-state index contributed by atoms with van der Waals surface area (Å²) in [6.45, 7) is 0. The summed E-state index contributed by atoms with van der Waals surface area (Å²) in [7, 11) is 0. The van der Waals surface area contributed by atoms with Crippen molar-refractivity contribution in [3.05, 3.63) is 54.7 Å². The summed E-state index contributed by atoms with van der Waals surface area (Å²) in [5, 5.41) is 2.85. The van der Waals surface area contributed by atoms with Gasteiger partial charge in [0.15, 0.2) is 0 Å². The first-order valence-corrected chi connectivity index (χ1v) is 6.76. The van der Waals surface area contributed by atoms with Crippen molar-refractivity contribution < 1.29 is 4.79 Å². The summed E-state index contributed by atoms with van der Waals surface area (Å²) in [5.74, 6) is 0.862. The number of rotatable bonds is 6. The second-order valence-corrected chi connectivity index (χ2v) is 4.78. The first kappa shape index (κ1) is 14.0. The van der Waals surface area contributed by atoms with Crippen molar-refractivity contribution in [3.8, 4) is 0 Å². The number of aromatic nitrogens is 6. The molecular formula is C13H16N8O. The van der Waals surface area contributed by atoms with Crippen molar-refractivity contribution in [1.29, 1.82) is 0 Å². The van der Waals surface area contributed by atoms with Crippen molar-refractivity contribution in [1.82, 2.24) is 35.2 Å². The molecule has 3 rings (SSSR count).